The Kier molecular flexibility index (Phi) is 6.03. The van der Waals surface area contributed by atoms with Crippen molar-refractivity contribution in [3.05, 3.63) is 65.7 Å². The van der Waals surface area contributed by atoms with E-state index in [0.717, 1.165) is 50.4 Å². The summed E-state index contributed by atoms with van der Waals surface area (Å²) in [5.41, 5.74) is 3.15. The van der Waals surface area contributed by atoms with Gasteiger partial charge in [0, 0.05) is 50.9 Å². The average molecular weight is 503 g/mol. The highest BCUT2D eigenvalue weighted by molar-refractivity contribution is 6.02. The normalized spacial score (nSPS) is 20.6. The Bertz CT molecular complexity index is 1300. The first kappa shape index (κ1) is 23.5. The number of hydrogen-bond donors (Lipinski definition) is 2. The van der Waals surface area contributed by atoms with Gasteiger partial charge in [0.15, 0.2) is 0 Å². The highest BCUT2D eigenvalue weighted by Crippen LogP contribution is 2.44. The molecule has 0 bridgehead atoms. The van der Waals surface area contributed by atoms with Crippen molar-refractivity contribution >= 4 is 23.2 Å². The largest absolute Gasteiger partial charge is 0.489 e. The fourth-order valence-corrected chi connectivity index (χ4v) is 5.34. The maximum atomic E-state index is 13.3. The van der Waals surface area contributed by atoms with Crippen LogP contribution in [0.2, 0.25) is 0 Å². The lowest BCUT2D eigenvalue weighted by atomic mass is 9.73. The van der Waals surface area contributed by atoms with Crippen LogP contribution in [0.4, 0.5) is 11.4 Å². The van der Waals surface area contributed by atoms with E-state index >= 15 is 0 Å². The molecule has 0 aliphatic carbocycles. The van der Waals surface area contributed by atoms with Crippen LogP contribution in [0.15, 0.2) is 48.5 Å². The van der Waals surface area contributed by atoms with E-state index in [1.165, 1.54) is 0 Å². The van der Waals surface area contributed by atoms with E-state index in [1.807, 2.05) is 48.5 Å². The van der Waals surface area contributed by atoms with Gasteiger partial charge in [-0.1, -0.05) is 30.3 Å². The van der Waals surface area contributed by atoms with Crippen LogP contribution in [0, 0.1) is 5.41 Å². The van der Waals surface area contributed by atoms with E-state index in [9.17, 15) is 9.59 Å². The molecular formula is C27H30N6O4. The molecule has 2 amide bonds. The summed E-state index contributed by atoms with van der Waals surface area (Å²) in [6.45, 7) is 3.68. The minimum absolute atomic E-state index is 0.00902. The van der Waals surface area contributed by atoms with Gasteiger partial charge < -0.3 is 24.6 Å². The molecule has 0 radical (unpaired) electrons. The number of fused-ring (bicyclic) bond motifs is 1. The topological polar surface area (TPSA) is 113 Å². The van der Waals surface area contributed by atoms with Crippen molar-refractivity contribution in [2.75, 3.05) is 49.8 Å². The summed E-state index contributed by atoms with van der Waals surface area (Å²) < 4.78 is 11.5. The quantitative estimate of drug-likeness (QED) is 0.550. The van der Waals surface area contributed by atoms with Crippen molar-refractivity contribution in [3.63, 3.8) is 0 Å². The first-order chi connectivity index (χ1) is 18.0. The van der Waals surface area contributed by atoms with Gasteiger partial charge in [-0.05, 0) is 36.6 Å². The van der Waals surface area contributed by atoms with Gasteiger partial charge >= 0.3 is 0 Å². The molecule has 1 spiro atoms. The molecule has 10 nitrogen and oxygen atoms in total. The van der Waals surface area contributed by atoms with Crippen LogP contribution in [0.25, 0.3) is 0 Å². The van der Waals surface area contributed by atoms with Crippen LogP contribution in [0.1, 0.15) is 34.8 Å². The fraction of sp³-hybridized carbons (Fsp3) is 0.407. The van der Waals surface area contributed by atoms with E-state index in [1.54, 1.807) is 11.9 Å². The number of likely N-dealkylation sites (N-methyl/N-ethyl adjacent to an activating group) is 1. The van der Waals surface area contributed by atoms with Crippen molar-refractivity contribution in [2.45, 2.75) is 25.3 Å². The van der Waals surface area contributed by atoms with Crippen LogP contribution in [-0.4, -0.2) is 73.0 Å². The number of anilines is 2. The Morgan fingerprint density at radius 1 is 1.16 bits per heavy atom. The number of hydrogen-bond acceptors (Lipinski definition) is 7. The van der Waals surface area contributed by atoms with E-state index in [2.05, 4.69) is 25.4 Å². The maximum absolute atomic E-state index is 13.3. The molecule has 2 saturated heterocycles. The summed E-state index contributed by atoms with van der Waals surface area (Å²) in [5.74, 6) is 0.394. The Labute approximate surface area is 215 Å². The summed E-state index contributed by atoms with van der Waals surface area (Å²) in [5, 5.41) is 9.59. The monoisotopic (exact) mass is 502 g/mol. The number of rotatable bonds is 5. The van der Waals surface area contributed by atoms with E-state index < -0.39 is 11.9 Å². The molecule has 2 aromatic carbocycles. The number of carbonyl (C=O) groups is 2. The summed E-state index contributed by atoms with van der Waals surface area (Å²) in [7, 11) is 1.71. The number of ether oxygens (including phenoxy) is 2. The van der Waals surface area contributed by atoms with Crippen molar-refractivity contribution in [2.24, 2.45) is 5.41 Å². The van der Waals surface area contributed by atoms with Gasteiger partial charge in [0.25, 0.3) is 11.8 Å². The fourth-order valence-electron chi connectivity index (χ4n) is 5.34. The van der Waals surface area contributed by atoms with E-state index in [4.69, 9.17) is 9.47 Å². The molecule has 3 aromatic rings. The molecule has 3 aliphatic heterocycles. The lowest BCUT2D eigenvalue weighted by Gasteiger charge is -2.53. The van der Waals surface area contributed by atoms with Crippen LogP contribution in [0.5, 0.6) is 5.75 Å². The molecule has 192 valence electrons. The molecule has 1 unspecified atom stereocenters. The number of amides is 2. The van der Waals surface area contributed by atoms with Crippen LogP contribution < -0.4 is 19.9 Å². The molecule has 1 atom stereocenters. The lowest BCUT2D eigenvalue weighted by Crippen LogP contribution is -2.58. The molecule has 6 rings (SSSR count). The molecule has 2 fully saturated rings. The molecule has 37 heavy (non-hydrogen) atoms. The second kappa shape index (κ2) is 9.51. The van der Waals surface area contributed by atoms with E-state index in [-0.39, 0.29) is 18.3 Å². The Balaban J connectivity index is 1.11. The molecule has 10 heteroatoms. The minimum Gasteiger partial charge on any atom is -0.489 e. The molecule has 2 N–H and O–H groups in total. The Morgan fingerprint density at radius 3 is 2.73 bits per heavy atom. The number of aromatic nitrogens is 3. The summed E-state index contributed by atoms with van der Waals surface area (Å²) in [4.78, 5) is 34.3. The first-order valence-corrected chi connectivity index (χ1v) is 12.6. The number of benzene rings is 2. The zero-order chi connectivity index (χ0) is 25.4. The number of nitrogens with zero attached hydrogens (tertiary/aromatic N) is 4. The third kappa shape index (κ3) is 4.64. The highest BCUT2D eigenvalue weighted by atomic mass is 16.5. The van der Waals surface area contributed by atoms with Gasteiger partial charge in [0.05, 0.1) is 5.69 Å². The summed E-state index contributed by atoms with van der Waals surface area (Å²) >= 11 is 0. The van der Waals surface area contributed by atoms with Crippen molar-refractivity contribution < 1.29 is 19.1 Å². The van der Waals surface area contributed by atoms with E-state index in [0.29, 0.717) is 29.1 Å². The number of carbonyl (C=O) groups excluding carboxylic acids is 2. The van der Waals surface area contributed by atoms with Gasteiger partial charge in [0.2, 0.25) is 5.82 Å². The van der Waals surface area contributed by atoms with Crippen LogP contribution in [-0.2, 0) is 16.0 Å². The third-order valence-electron chi connectivity index (χ3n) is 7.56. The second-order valence-electron chi connectivity index (χ2n) is 10.1. The molecule has 3 aliphatic rings. The molecule has 4 heterocycles. The third-order valence-corrected chi connectivity index (χ3v) is 7.56. The van der Waals surface area contributed by atoms with Gasteiger partial charge in [0.1, 0.15) is 24.2 Å². The summed E-state index contributed by atoms with van der Waals surface area (Å²) in [6, 6.07) is 14.9. The van der Waals surface area contributed by atoms with Crippen LogP contribution >= 0.6 is 0 Å². The highest BCUT2D eigenvalue weighted by Gasteiger charge is 2.44. The number of nitrogens with one attached hydrogen (secondary N) is 2. The van der Waals surface area contributed by atoms with Crippen molar-refractivity contribution in [1.82, 2.24) is 20.5 Å². The maximum Gasteiger partial charge on any atom is 0.291 e. The molecule has 0 saturated carbocycles. The zero-order valence-corrected chi connectivity index (χ0v) is 20.8. The van der Waals surface area contributed by atoms with Gasteiger partial charge in [-0.25, -0.2) is 4.98 Å². The zero-order valence-electron chi connectivity index (χ0n) is 20.8. The summed E-state index contributed by atoms with van der Waals surface area (Å²) in [6.07, 6.45) is 2.71. The SMILES string of the molecule is CN1C(=O)C(NC(=O)c2n[nH]c(Cc3ccccc3)n2)COc2ccc(N3CC4(CCOCC4)C3)cc21. The molecular weight excluding hydrogens is 472 g/mol. The van der Waals surface area contributed by atoms with Gasteiger partial charge in [-0.3, -0.25) is 14.7 Å². The predicted molar refractivity (Wildman–Crippen MR) is 137 cm³/mol. The number of H-pyrrole nitrogens is 1. The first-order valence-electron chi connectivity index (χ1n) is 12.6. The van der Waals surface area contributed by atoms with Gasteiger partial charge in [-0.15, -0.1) is 5.10 Å². The van der Waals surface area contributed by atoms with Crippen molar-refractivity contribution in [3.8, 4) is 5.75 Å². The lowest BCUT2D eigenvalue weighted by molar-refractivity contribution is -0.120. The van der Waals surface area contributed by atoms with Crippen molar-refractivity contribution in [1.29, 1.82) is 0 Å². The smallest absolute Gasteiger partial charge is 0.291 e. The average Bonchev–Trinajstić information content (AvgIpc) is 3.34. The number of aromatic amines is 1. The Morgan fingerprint density at radius 2 is 1.95 bits per heavy atom. The van der Waals surface area contributed by atoms with Crippen LogP contribution in [0.3, 0.4) is 0 Å². The minimum atomic E-state index is -0.862. The predicted octanol–water partition coefficient (Wildman–Crippen LogP) is 2.17. The Hall–Kier alpha value is -3.92. The molecule has 1 aromatic heterocycles. The van der Waals surface area contributed by atoms with Gasteiger partial charge in [-0.2, -0.15) is 0 Å². The standard InChI is InChI=1S/C27H30N6O4/c1-32-21-14-19(33-16-27(17-33)9-11-36-12-10-27)7-8-22(21)37-15-20(26(32)35)28-25(34)24-29-23(30-31-24)13-18-5-3-2-4-6-18/h2-8,14,20H,9-13,15-17H2,1H3,(H,28,34)(H,29,30,31). The second-order valence-corrected chi connectivity index (χ2v) is 10.1.